The van der Waals surface area contributed by atoms with E-state index in [2.05, 4.69) is 4.72 Å². The molecule has 4 N–H and O–H groups in total. The van der Waals surface area contributed by atoms with Crippen molar-refractivity contribution < 1.29 is 18.3 Å². The van der Waals surface area contributed by atoms with E-state index in [1.807, 2.05) is 6.92 Å². The second-order valence-corrected chi connectivity index (χ2v) is 5.86. The van der Waals surface area contributed by atoms with Crippen molar-refractivity contribution in [1.82, 2.24) is 4.72 Å². The third-order valence-electron chi connectivity index (χ3n) is 2.67. The lowest BCUT2D eigenvalue weighted by atomic mass is 10.1. The van der Waals surface area contributed by atoms with Gasteiger partial charge in [0.15, 0.2) is 0 Å². The summed E-state index contributed by atoms with van der Waals surface area (Å²) in [4.78, 5) is 0.143. The highest BCUT2D eigenvalue weighted by Gasteiger charge is 2.22. The lowest BCUT2D eigenvalue weighted by Gasteiger charge is -2.17. The van der Waals surface area contributed by atoms with E-state index in [0.717, 1.165) is 0 Å². The zero-order valence-electron chi connectivity index (χ0n) is 11.1. The molecule has 0 saturated carbocycles. The Labute approximate surface area is 113 Å². The predicted octanol–water partition coefficient (Wildman–Crippen LogP) is 0.117. The van der Waals surface area contributed by atoms with E-state index in [1.54, 1.807) is 12.1 Å². The number of ether oxygens (including phenoxy) is 1. The van der Waals surface area contributed by atoms with Crippen LogP contribution >= 0.6 is 0 Å². The first kappa shape index (κ1) is 15.9. The van der Waals surface area contributed by atoms with Gasteiger partial charge in [-0.1, -0.05) is 13.0 Å². The molecule has 0 spiro atoms. The molecule has 7 heteroatoms. The Bertz CT molecular complexity index is 516. The minimum atomic E-state index is -3.73. The third-order valence-corrected chi connectivity index (χ3v) is 4.27. The summed E-state index contributed by atoms with van der Waals surface area (Å²) in [6, 6.07) is 4.09. The van der Waals surface area contributed by atoms with Crippen molar-refractivity contribution in [3.63, 3.8) is 0 Å². The maximum Gasteiger partial charge on any atom is 0.241 e. The van der Waals surface area contributed by atoms with Crippen LogP contribution in [0.15, 0.2) is 23.1 Å². The van der Waals surface area contributed by atoms with E-state index in [0.29, 0.717) is 17.7 Å². The van der Waals surface area contributed by atoms with Crippen LogP contribution in [0.1, 0.15) is 12.5 Å². The molecule has 0 aliphatic rings. The largest absolute Gasteiger partial charge is 0.399 e. The number of benzene rings is 1. The van der Waals surface area contributed by atoms with Gasteiger partial charge in [-0.25, -0.2) is 13.1 Å². The van der Waals surface area contributed by atoms with Crippen LogP contribution in [0.2, 0.25) is 0 Å². The fraction of sp³-hybridized carbons (Fsp3) is 0.500. The molecule has 0 aliphatic carbocycles. The molecule has 0 saturated heterocycles. The summed E-state index contributed by atoms with van der Waals surface area (Å²) in [5, 5.41) is 9.12. The molecule has 19 heavy (non-hydrogen) atoms. The predicted molar refractivity (Wildman–Crippen MR) is 73.3 cm³/mol. The number of aryl methyl sites for hydroxylation is 1. The Morgan fingerprint density at radius 3 is 2.68 bits per heavy atom. The third kappa shape index (κ3) is 4.17. The normalized spacial score (nSPS) is 13.4. The van der Waals surface area contributed by atoms with Crippen molar-refractivity contribution in [3.8, 4) is 0 Å². The highest BCUT2D eigenvalue weighted by molar-refractivity contribution is 7.89. The molecular formula is C12H20N2O4S. The van der Waals surface area contributed by atoms with E-state index < -0.39 is 16.1 Å². The van der Waals surface area contributed by atoms with Crippen molar-refractivity contribution in [2.24, 2.45) is 0 Å². The highest BCUT2D eigenvalue weighted by Crippen LogP contribution is 2.19. The number of rotatable bonds is 7. The van der Waals surface area contributed by atoms with Crippen LogP contribution in [0.25, 0.3) is 0 Å². The Hall–Kier alpha value is -1.15. The van der Waals surface area contributed by atoms with E-state index in [1.165, 1.54) is 13.2 Å². The van der Waals surface area contributed by atoms with Crippen LogP contribution in [0.5, 0.6) is 0 Å². The summed E-state index contributed by atoms with van der Waals surface area (Å²) in [5.74, 6) is 0. The van der Waals surface area contributed by atoms with Gasteiger partial charge in [0, 0.05) is 12.8 Å². The Balaban J connectivity index is 3.09. The van der Waals surface area contributed by atoms with Gasteiger partial charge < -0.3 is 15.6 Å². The number of hydrogen-bond donors (Lipinski definition) is 3. The molecule has 0 radical (unpaired) electrons. The first-order valence-corrected chi connectivity index (χ1v) is 7.43. The van der Waals surface area contributed by atoms with Gasteiger partial charge in [0.05, 0.1) is 24.2 Å². The summed E-state index contributed by atoms with van der Waals surface area (Å²) < 4.78 is 31.8. The van der Waals surface area contributed by atoms with Crippen molar-refractivity contribution >= 4 is 15.7 Å². The molecule has 0 aliphatic heterocycles. The molecule has 0 amide bonds. The molecule has 6 nitrogen and oxygen atoms in total. The molecule has 1 aromatic rings. The molecule has 1 atom stereocenters. The van der Waals surface area contributed by atoms with Crippen molar-refractivity contribution in [2.45, 2.75) is 24.3 Å². The SMILES string of the molecule is CCc1ccc(N)cc1S(=O)(=O)NC(CO)COC. The monoisotopic (exact) mass is 288 g/mol. The fourth-order valence-corrected chi connectivity index (χ4v) is 3.28. The van der Waals surface area contributed by atoms with Gasteiger partial charge >= 0.3 is 0 Å². The van der Waals surface area contributed by atoms with Gasteiger partial charge in [-0.2, -0.15) is 0 Å². The Morgan fingerprint density at radius 1 is 1.47 bits per heavy atom. The van der Waals surface area contributed by atoms with Crippen molar-refractivity contribution in [1.29, 1.82) is 0 Å². The average molecular weight is 288 g/mol. The Morgan fingerprint density at radius 2 is 2.16 bits per heavy atom. The Kier molecular flexibility index (Phi) is 5.74. The summed E-state index contributed by atoms with van der Waals surface area (Å²) in [6.45, 7) is 1.62. The fourth-order valence-electron chi connectivity index (χ4n) is 1.72. The molecule has 108 valence electrons. The molecule has 0 bridgehead atoms. The molecule has 1 rings (SSSR count). The van der Waals surface area contributed by atoms with Crippen LogP contribution in [0.3, 0.4) is 0 Å². The number of aliphatic hydroxyl groups excluding tert-OH is 1. The first-order chi connectivity index (χ1) is 8.94. The van der Waals surface area contributed by atoms with Crippen LogP contribution < -0.4 is 10.5 Å². The number of nitrogen functional groups attached to an aromatic ring is 1. The summed E-state index contributed by atoms with van der Waals surface area (Å²) in [6.07, 6.45) is 0.574. The highest BCUT2D eigenvalue weighted by atomic mass is 32.2. The minimum absolute atomic E-state index is 0.0967. The van der Waals surface area contributed by atoms with E-state index >= 15 is 0 Å². The van der Waals surface area contributed by atoms with E-state index in [-0.39, 0.29) is 18.1 Å². The van der Waals surface area contributed by atoms with Crippen LogP contribution in [0, 0.1) is 0 Å². The summed E-state index contributed by atoms with van der Waals surface area (Å²) in [5.41, 5.74) is 6.69. The maximum atomic E-state index is 12.3. The zero-order valence-corrected chi connectivity index (χ0v) is 11.9. The number of sulfonamides is 1. The average Bonchev–Trinajstić information content (AvgIpc) is 2.38. The van der Waals surface area contributed by atoms with E-state index in [9.17, 15) is 8.42 Å². The van der Waals surface area contributed by atoms with Gasteiger partial charge in [-0.15, -0.1) is 0 Å². The lowest BCUT2D eigenvalue weighted by Crippen LogP contribution is -2.40. The van der Waals surface area contributed by atoms with Gasteiger partial charge in [-0.3, -0.25) is 0 Å². The molecular weight excluding hydrogens is 268 g/mol. The van der Waals surface area contributed by atoms with Crippen LogP contribution in [-0.4, -0.2) is 39.9 Å². The molecule has 0 heterocycles. The topological polar surface area (TPSA) is 102 Å². The number of methoxy groups -OCH3 is 1. The van der Waals surface area contributed by atoms with Crippen LogP contribution in [0.4, 0.5) is 5.69 Å². The summed E-state index contributed by atoms with van der Waals surface area (Å²) in [7, 11) is -2.29. The molecule has 1 aromatic carbocycles. The first-order valence-electron chi connectivity index (χ1n) is 5.95. The van der Waals surface area contributed by atoms with Gasteiger partial charge in [0.1, 0.15) is 0 Å². The van der Waals surface area contributed by atoms with Crippen LogP contribution in [-0.2, 0) is 21.2 Å². The number of hydrogen-bond acceptors (Lipinski definition) is 5. The quantitative estimate of drug-likeness (QED) is 0.618. The van der Waals surface area contributed by atoms with Gasteiger partial charge in [-0.05, 0) is 24.1 Å². The number of anilines is 1. The summed E-state index contributed by atoms with van der Waals surface area (Å²) >= 11 is 0. The number of aliphatic hydroxyl groups is 1. The second kappa shape index (κ2) is 6.85. The van der Waals surface area contributed by atoms with Crippen molar-refractivity contribution in [2.75, 3.05) is 26.1 Å². The van der Waals surface area contributed by atoms with E-state index in [4.69, 9.17) is 15.6 Å². The molecule has 0 aromatic heterocycles. The van der Waals surface area contributed by atoms with Gasteiger partial charge in [0.2, 0.25) is 10.0 Å². The maximum absolute atomic E-state index is 12.3. The minimum Gasteiger partial charge on any atom is -0.399 e. The standard InChI is InChI=1S/C12H20N2O4S/c1-3-9-4-5-10(13)6-12(9)19(16,17)14-11(7-15)8-18-2/h4-6,11,14-15H,3,7-8,13H2,1-2H3. The second-order valence-electron chi connectivity index (χ2n) is 4.18. The number of nitrogens with one attached hydrogen (secondary N) is 1. The lowest BCUT2D eigenvalue weighted by molar-refractivity contribution is 0.139. The smallest absolute Gasteiger partial charge is 0.241 e. The van der Waals surface area contributed by atoms with Gasteiger partial charge in [0.25, 0.3) is 0 Å². The number of nitrogens with two attached hydrogens (primary N) is 1. The molecule has 0 fully saturated rings. The van der Waals surface area contributed by atoms with Crippen molar-refractivity contribution in [3.05, 3.63) is 23.8 Å². The zero-order chi connectivity index (χ0) is 14.5. The molecule has 1 unspecified atom stereocenters.